The Kier molecular flexibility index (Phi) is 31.9. The predicted molar refractivity (Wildman–Crippen MR) is 522 cm³/mol. The van der Waals surface area contributed by atoms with Gasteiger partial charge in [-0.05, 0) is 203 Å². The molecule has 0 unspecified atom stereocenters. The second-order valence-corrected chi connectivity index (χ2v) is 47.9. The minimum atomic E-state index is -3.84. The number of nitrogens with one attached hydrogen (secondary N) is 6. The Morgan fingerprint density at radius 2 is 0.657 bits per heavy atom. The van der Waals surface area contributed by atoms with Crippen LogP contribution in [0.5, 0.6) is 0 Å². The molecule has 0 radical (unpaired) electrons. The molecule has 143 heavy (non-hydrogen) atoms. The number of carbonyl (C=O) groups excluding carboxylic acids is 15. The summed E-state index contributed by atoms with van der Waals surface area (Å²) >= 11 is 0. The Bertz CT molecular complexity index is 5690. The molecule has 12 bridgehead atoms. The van der Waals surface area contributed by atoms with E-state index in [1.54, 1.807) is 46.8 Å². The maximum absolute atomic E-state index is 14.2. The van der Waals surface area contributed by atoms with Crippen LogP contribution in [-0.4, -0.2) is 233 Å². The first-order chi connectivity index (χ1) is 68.4. The van der Waals surface area contributed by atoms with Crippen LogP contribution >= 0.6 is 0 Å². The van der Waals surface area contributed by atoms with Gasteiger partial charge in [-0.2, -0.15) is 0 Å². The molecule has 9 aliphatic heterocycles. The van der Waals surface area contributed by atoms with Crippen LogP contribution in [0.25, 0.3) is 0 Å². The van der Waals surface area contributed by atoms with Crippen molar-refractivity contribution in [1.82, 2.24) is 59.5 Å². The first-order valence-corrected chi connectivity index (χ1v) is 56.1. The monoisotopic (exact) mass is 2030 g/mol. The van der Waals surface area contributed by atoms with E-state index in [9.17, 15) is 97.2 Å². The molecular formula is C104H136N12O24S3. The van der Waals surface area contributed by atoms with Crippen LogP contribution in [0.3, 0.4) is 0 Å². The molecule has 39 heteroatoms. The number of carbonyl (C=O) groups is 15. The molecule has 0 spiro atoms. The molecule has 36 nitrogen and oxygen atoms in total. The van der Waals surface area contributed by atoms with Crippen LogP contribution in [0.15, 0.2) is 92.6 Å². The van der Waals surface area contributed by atoms with Crippen molar-refractivity contribution in [2.24, 2.45) is 34.0 Å². The van der Waals surface area contributed by atoms with E-state index in [0.717, 1.165) is 97.6 Å². The number of benzene rings is 3. The van der Waals surface area contributed by atoms with Crippen molar-refractivity contribution in [3.8, 4) is 0 Å². The SMILES string of the molecule is C=C[C@@H]1C[C@]1(CC(=O)[C@@H]1C[C@@H]2CN1C(=O)[C@H](CC)NC(=O)CCCCCc1cccc3c1CN(C3)C(=O)O2)C(=O)NS(=O)(=O)C1CC1.C=C[C@@H]1C[C@]1(CC(=O)[C@@H]1C[C@@H]2CN1C(=O)[C@H](CC)NC(=O)CCCCCc1cccc3c1CN(C3)C(=O)O2)C(=O)NS(=O)(=O)C1CC1.C=C[C@@H]1C[C@]1(CC(=O)[C@@H]1C[C@@H]2CN1C(=O)[C@H](CCCC)NC(=O)CCCCCc1cccc3c1CN(C3)C(=O)O2)C(=O)NS(=O)(=O)C1CC1. The van der Waals surface area contributed by atoms with Gasteiger partial charge in [0.2, 0.25) is 83.2 Å². The first kappa shape index (κ1) is 105. The van der Waals surface area contributed by atoms with Gasteiger partial charge in [-0.3, -0.25) is 86.4 Å². The summed E-state index contributed by atoms with van der Waals surface area (Å²) in [6.45, 7) is 19.2. The third-order valence-corrected chi connectivity index (χ3v) is 37.3. The standard InChI is InChI=1S/C36H48N4O8S.2C34H44N4O8S/c1-3-5-13-29-33(43)40-21-26(17-30(40)31(41)19-36(18-25(36)4-2)34(44)38-49(46,47)27-15-16-27)48-35(45)39-20-24-12-9-11-23(28(24)22-39)10-7-6-8-14-32(42)37-29;2*1-3-23-16-34(23,32(42)36-47(44,45)25-13-14-25)17-29(39)28-15-24-19-38(28)31(41)27(4-2)35-30(40)12-7-5-6-9-21-10-8-11-22-18-37(20-26(21)22)33(43)46-24/h4,9,11-12,25-27,29-30H,2-3,5-8,10,13-22H2,1H3,(H,37,42)(H,38,44);2*3,8,10-11,23-25,27-28H,1,4-7,9,12-20H2,2H3,(H,35,40)(H,36,42)/t25-,26-,29+,30+,36-;2*23-,24-,27+,28+,34-/m111/s1. The molecule has 3 aromatic carbocycles. The van der Waals surface area contributed by atoms with Crippen LogP contribution in [0.1, 0.15) is 276 Å². The topological polar surface area (TPSA) is 478 Å². The van der Waals surface area contributed by atoms with E-state index in [-0.39, 0.29) is 114 Å². The van der Waals surface area contributed by atoms with Crippen LogP contribution in [0, 0.1) is 34.0 Å². The van der Waals surface area contributed by atoms with Gasteiger partial charge >= 0.3 is 18.3 Å². The van der Waals surface area contributed by atoms with Gasteiger partial charge in [0.15, 0.2) is 17.3 Å². The van der Waals surface area contributed by atoms with Gasteiger partial charge in [-0.25, -0.2) is 39.6 Å². The Hall–Kier alpha value is -11.2. The van der Waals surface area contributed by atoms with E-state index >= 15 is 0 Å². The number of hydrogen-bond donors (Lipinski definition) is 6. The largest absolute Gasteiger partial charge is 0.444 e. The maximum atomic E-state index is 14.2. The minimum absolute atomic E-state index is 0.0313. The van der Waals surface area contributed by atoms with E-state index < -0.39 is 205 Å². The number of fused-ring (bicyclic) bond motifs is 9. The third kappa shape index (κ3) is 23.7. The van der Waals surface area contributed by atoms with E-state index in [4.69, 9.17) is 14.2 Å². The molecule has 9 fully saturated rings. The number of Topliss-reactive ketones (excluding diaryl/α,β-unsaturated/α-hetero) is 3. The van der Waals surface area contributed by atoms with E-state index in [2.05, 4.69) is 68.1 Å². The summed E-state index contributed by atoms with van der Waals surface area (Å²) in [6, 6.07) is 12.6. The molecule has 6 N–H and O–H groups in total. The van der Waals surface area contributed by atoms with E-state index in [1.165, 1.54) is 31.4 Å². The average molecular weight is 2030 g/mol. The number of aryl methyl sites for hydroxylation is 3. The quantitative estimate of drug-likeness (QED) is 0.0322. The van der Waals surface area contributed by atoms with Crippen molar-refractivity contribution in [3.05, 3.63) is 143 Å². The number of nitrogens with zero attached hydrogens (tertiary/aromatic N) is 6. The highest BCUT2D eigenvalue weighted by molar-refractivity contribution is 7.91. The smallest absolute Gasteiger partial charge is 0.410 e. The van der Waals surface area contributed by atoms with Crippen LogP contribution < -0.4 is 30.1 Å². The lowest BCUT2D eigenvalue weighted by atomic mass is 9.91. The van der Waals surface area contributed by atoms with Gasteiger partial charge in [-0.15, -0.1) is 19.7 Å². The normalized spacial score (nSPS) is 29.5. The molecule has 12 amide bonds. The molecule has 3 saturated heterocycles. The Morgan fingerprint density at radius 3 is 0.923 bits per heavy atom. The fraction of sp³-hybridized carbons (Fsp3) is 0.625. The minimum Gasteiger partial charge on any atom is -0.444 e. The number of unbranched alkanes of at least 4 members (excludes halogenated alkanes) is 1. The van der Waals surface area contributed by atoms with Crippen molar-refractivity contribution in [2.75, 3.05) is 19.6 Å². The second-order valence-electron chi connectivity index (χ2n) is 42.0. The summed E-state index contributed by atoms with van der Waals surface area (Å²) in [5, 5.41) is 6.79. The number of ketones is 3. The molecule has 15 atom stereocenters. The number of amides is 12. The van der Waals surface area contributed by atoms with E-state index in [1.807, 2.05) is 43.3 Å². The summed E-state index contributed by atoms with van der Waals surface area (Å²) in [6.07, 6.45) is 16.6. The summed E-state index contributed by atoms with van der Waals surface area (Å²) in [5.41, 5.74) is 6.21. The lowest BCUT2D eigenvalue weighted by Gasteiger charge is -2.29. The van der Waals surface area contributed by atoms with Gasteiger partial charge in [0.25, 0.3) is 0 Å². The van der Waals surface area contributed by atoms with Crippen LogP contribution in [0.4, 0.5) is 14.4 Å². The number of rotatable bonds is 26. The lowest BCUT2D eigenvalue weighted by Crippen LogP contribution is -2.52. The van der Waals surface area contributed by atoms with Crippen LogP contribution in [0.2, 0.25) is 0 Å². The van der Waals surface area contributed by atoms with Gasteiger partial charge in [0.1, 0.15) is 36.4 Å². The first-order valence-electron chi connectivity index (χ1n) is 51.5. The molecule has 0 aromatic heterocycles. The Morgan fingerprint density at radius 1 is 0.385 bits per heavy atom. The molecule has 9 heterocycles. The van der Waals surface area contributed by atoms with Crippen LogP contribution in [-0.2, 0) is 160 Å². The molecule has 6 aliphatic carbocycles. The highest BCUT2D eigenvalue weighted by atomic mass is 32.2. The average Bonchev–Trinajstić information content (AvgIpc) is 1.58. The molecule has 774 valence electrons. The zero-order valence-electron chi connectivity index (χ0n) is 82.0. The summed E-state index contributed by atoms with van der Waals surface area (Å²) in [4.78, 5) is 213. The summed E-state index contributed by atoms with van der Waals surface area (Å²) < 4.78 is 100. The third-order valence-electron chi connectivity index (χ3n) is 31.9. The van der Waals surface area contributed by atoms with E-state index in [0.29, 0.717) is 123 Å². The van der Waals surface area contributed by atoms with Gasteiger partial charge in [-0.1, -0.05) is 126 Å². The highest BCUT2D eigenvalue weighted by Crippen LogP contribution is 2.60. The van der Waals surface area contributed by atoms with Crippen molar-refractivity contribution in [1.29, 1.82) is 0 Å². The fourth-order valence-corrected chi connectivity index (χ4v) is 26.7. The number of hydrogen-bond acceptors (Lipinski definition) is 24. The molecule has 3 aromatic rings. The van der Waals surface area contributed by atoms with Crippen molar-refractivity contribution in [2.45, 2.75) is 355 Å². The fourth-order valence-electron chi connectivity index (χ4n) is 22.5. The van der Waals surface area contributed by atoms with Gasteiger partial charge in [0, 0.05) is 97.1 Å². The van der Waals surface area contributed by atoms with Gasteiger partial charge < -0.3 is 44.9 Å². The number of allylic oxidation sites excluding steroid dienone is 3. The second kappa shape index (κ2) is 43.6. The summed E-state index contributed by atoms with van der Waals surface area (Å²) in [7, 11) is -11.5. The van der Waals surface area contributed by atoms with Gasteiger partial charge in [0.05, 0.1) is 69.8 Å². The zero-order valence-corrected chi connectivity index (χ0v) is 84.5. The maximum Gasteiger partial charge on any atom is 0.410 e. The van der Waals surface area contributed by atoms with Crippen molar-refractivity contribution >= 4 is 119 Å². The molecule has 6 saturated carbocycles. The highest BCUT2D eigenvalue weighted by Gasteiger charge is 2.65. The number of ether oxygens (including phenoxy) is 3. The zero-order chi connectivity index (χ0) is 102. The molecular weight excluding hydrogens is 1900 g/mol. The Labute approximate surface area is 836 Å². The van der Waals surface area contributed by atoms with Crippen molar-refractivity contribution in [3.63, 3.8) is 0 Å². The summed E-state index contributed by atoms with van der Waals surface area (Å²) in [5.74, 6) is -6.70. The van der Waals surface area contributed by atoms with Crippen molar-refractivity contribution < 1.29 is 111 Å². The molecule has 15 aliphatic rings. The Balaban J connectivity index is 0.000000154. The lowest BCUT2D eigenvalue weighted by molar-refractivity contribution is -0.142. The molecule has 18 rings (SSSR count). The number of sulfonamides is 3. The predicted octanol–water partition coefficient (Wildman–Crippen LogP) is 9.42.